The summed E-state index contributed by atoms with van der Waals surface area (Å²) >= 11 is 0. The Hall–Kier alpha value is -3.31. The maximum Gasteiger partial charge on any atom is 0.340 e. The van der Waals surface area contributed by atoms with E-state index < -0.39 is 15.4 Å². The molecule has 2 aliphatic carbocycles. The SMILES string of the molecule is CCC(C)(N)c1cnc(OC2CC(S(C)(=O)=O)C2)c2cnc(Nc3ccc4c(n3)C3(CC3)[C@@H](C)OC4=O)cc12. The standard InChI is InChI=1S/C28H33N5O5S/c1-5-27(3,29)21-14-31-25(38-16-10-17(11-16)39(4,35)36)20-13-30-23(12-19(20)21)32-22-7-6-18-24(33-22)28(8-9-28)15(2)37-26(18)34/h6-7,12-17H,5,8-11,29H2,1-4H3,(H,30,32,33)/t15-,16?,17?,27?/m1/s1. The fourth-order valence-corrected chi connectivity index (χ4v) is 6.68. The van der Waals surface area contributed by atoms with E-state index in [1.807, 2.05) is 26.8 Å². The van der Waals surface area contributed by atoms with Crippen molar-refractivity contribution < 1.29 is 22.7 Å². The second-order valence-electron chi connectivity index (χ2n) is 11.4. The molecule has 1 spiro atoms. The van der Waals surface area contributed by atoms with Gasteiger partial charge >= 0.3 is 5.97 Å². The number of carbonyl (C=O) groups excluding carboxylic acids is 1. The molecular formula is C28H33N5O5S. The second kappa shape index (κ2) is 8.85. The molecule has 0 saturated heterocycles. The number of hydrogen-bond acceptors (Lipinski definition) is 10. The van der Waals surface area contributed by atoms with Crippen molar-refractivity contribution in [1.82, 2.24) is 15.0 Å². The number of ether oxygens (including phenoxy) is 2. The van der Waals surface area contributed by atoms with E-state index in [2.05, 4.69) is 15.3 Å². The third-order valence-electron chi connectivity index (χ3n) is 8.71. The van der Waals surface area contributed by atoms with Gasteiger partial charge in [-0.2, -0.15) is 0 Å². The highest BCUT2D eigenvalue weighted by molar-refractivity contribution is 7.91. The third-order valence-corrected chi connectivity index (χ3v) is 10.3. The van der Waals surface area contributed by atoms with Crippen molar-refractivity contribution in [1.29, 1.82) is 0 Å². The molecule has 0 bridgehead atoms. The lowest BCUT2D eigenvalue weighted by atomic mass is 9.88. The van der Waals surface area contributed by atoms with Gasteiger partial charge in [-0.05, 0) is 62.3 Å². The normalized spacial score (nSPS) is 24.8. The van der Waals surface area contributed by atoms with E-state index >= 15 is 0 Å². The maximum atomic E-state index is 12.4. The zero-order valence-electron chi connectivity index (χ0n) is 22.5. The first kappa shape index (κ1) is 25.9. The van der Waals surface area contributed by atoms with Crippen molar-refractivity contribution in [2.24, 2.45) is 5.73 Å². The highest BCUT2D eigenvalue weighted by Gasteiger charge is 2.56. The third kappa shape index (κ3) is 4.41. The Morgan fingerprint density at radius 3 is 2.59 bits per heavy atom. The van der Waals surface area contributed by atoms with Crippen LogP contribution in [0.2, 0.25) is 0 Å². The topological polar surface area (TPSA) is 146 Å². The van der Waals surface area contributed by atoms with Crippen LogP contribution >= 0.6 is 0 Å². The average Bonchev–Trinajstić information content (AvgIpc) is 3.66. The summed E-state index contributed by atoms with van der Waals surface area (Å²) < 4.78 is 35.3. The van der Waals surface area contributed by atoms with Crippen LogP contribution in [0.15, 0.2) is 30.6 Å². The molecule has 3 aromatic heterocycles. The number of carbonyl (C=O) groups is 1. The number of nitrogens with two attached hydrogens (primary N) is 1. The van der Waals surface area contributed by atoms with E-state index in [0.29, 0.717) is 47.7 Å². The predicted octanol–water partition coefficient (Wildman–Crippen LogP) is 3.90. The first-order valence-electron chi connectivity index (χ1n) is 13.3. The van der Waals surface area contributed by atoms with Crippen molar-refractivity contribution in [3.8, 4) is 5.88 Å². The fraction of sp³-hybridized carbons (Fsp3) is 0.500. The molecule has 1 unspecified atom stereocenters. The minimum atomic E-state index is -3.08. The Kier molecular flexibility index (Phi) is 5.89. The van der Waals surface area contributed by atoms with Gasteiger partial charge in [0.25, 0.3) is 0 Å². The van der Waals surface area contributed by atoms with Crippen molar-refractivity contribution >= 4 is 38.2 Å². The van der Waals surface area contributed by atoms with Gasteiger partial charge in [0, 0.05) is 37.0 Å². The lowest BCUT2D eigenvalue weighted by Crippen LogP contribution is -2.42. The van der Waals surface area contributed by atoms with Crippen LogP contribution in [0.3, 0.4) is 0 Å². The van der Waals surface area contributed by atoms with E-state index in [-0.39, 0.29) is 28.8 Å². The molecule has 6 rings (SSSR count). The van der Waals surface area contributed by atoms with Gasteiger partial charge in [-0.15, -0.1) is 0 Å². The molecule has 2 atom stereocenters. The van der Waals surface area contributed by atoms with Crippen molar-refractivity contribution in [2.45, 2.75) is 81.3 Å². The molecule has 3 N–H and O–H groups in total. The fourth-order valence-electron chi connectivity index (χ4n) is 5.55. The van der Waals surface area contributed by atoms with Gasteiger partial charge in [-0.1, -0.05) is 6.92 Å². The van der Waals surface area contributed by atoms with Crippen LogP contribution in [0.4, 0.5) is 11.6 Å². The number of pyridine rings is 3. The molecule has 3 aliphatic rings. The Bertz CT molecular complexity index is 1600. The number of fused-ring (bicyclic) bond motifs is 3. The monoisotopic (exact) mass is 551 g/mol. The van der Waals surface area contributed by atoms with Gasteiger partial charge in [0.05, 0.1) is 27.3 Å². The van der Waals surface area contributed by atoms with E-state index in [1.54, 1.807) is 24.5 Å². The van der Waals surface area contributed by atoms with Crippen LogP contribution in [0.1, 0.15) is 74.5 Å². The van der Waals surface area contributed by atoms with Crippen molar-refractivity contribution in [2.75, 3.05) is 11.6 Å². The van der Waals surface area contributed by atoms with Crippen LogP contribution < -0.4 is 15.8 Å². The smallest absolute Gasteiger partial charge is 0.340 e. The zero-order valence-corrected chi connectivity index (χ0v) is 23.3. The number of nitrogens with zero attached hydrogens (tertiary/aromatic N) is 3. The maximum absolute atomic E-state index is 12.4. The molecule has 39 heavy (non-hydrogen) atoms. The van der Waals surface area contributed by atoms with E-state index in [4.69, 9.17) is 20.2 Å². The zero-order chi connectivity index (χ0) is 27.7. The number of hydrogen-bond donors (Lipinski definition) is 2. The Balaban J connectivity index is 1.34. The highest BCUT2D eigenvalue weighted by Crippen LogP contribution is 2.54. The van der Waals surface area contributed by atoms with E-state index in [0.717, 1.165) is 29.5 Å². The van der Waals surface area contributed by atoms with Crippen LogP contribution in [-0.2, 0) is 25.5 Å². The number of nitrogens with one attached hydrogen (secondary N) is 1. The molecule has 0 radical (unpaired) electrons. The predicted molar refractivity (Wildman–Crippen MR) is 147 cm³/mol. The quantitative estimate of drug-likeness (QED) is 0.415. The number of sulfone groups is 1. The number of rotatable bonds is 7. The Morgan fingerprint density at radius 1 is 1.18 bits per heavy atom. The van der Waals surface area contributed by atoms with Gasteiger partial charge in [-0.25, -0.2) is 28.2 Å². The first-order valence-corrected chi connectivity index (χ1v) is 15.3. The number of aromatic nitrogens is 3. The van der Waals surface area contributed by atoms with Gasteiger partial charge in [0.1, 0.15) is 23.8 Å². The molecule has 1 aliphatic heterocycles. The number of cyclic esters (lactones) is 1. The van der Waals surface area contributed by atoms with Gasteiger partial charge in [-0.3, -0.25) is 0 Å². The molecule has 0 amide bonds. The summed E-state index contributed by atoms with van der Waals surface area (Å²) in [5.74, 6) is 1.23. The molecule has 2 saturated carbocycles. The minimum absolute atomic E-state index is 0.202. The number of esters is 1. The van der Waals surface area contributed by atoms with Crippen LogP contribution in [-0.4, -0.2) is 53.1 Å². The molecule has 11 heteroatoms. The second-order valence-corrected chi connectivity index (χ2v) is 13.8. The van der Waals surface area contributed by atoms with Crippen LogP contribution in [0.5, 0.6) is 5.88 Å². The summed E-state index contributed by atoms with van der Waals surface area (Å²) in [5, 5.41) is 4.47. The Morgan fingerprint density at radius 2 is 1.92 bits per heavy atom. The molecular weight excluding hydrogens is 518 g/mol. The lowest BCUT2D eigenvalue weighted by Gasteiger charge is -2.34. The summed E-state index contributed by atoms with van der Waals surface area (Å²) in [4.78, 5) is 26.4. The largest absolute Gasteiger partial charge is 0.474 e. The van der Waals surface area contributed by atoms with Gasteiger partial charge < -0.3 is 20.5 Å². The number of anilines is 2. The first-order chi connectivity index (χ1) is 18.4. The average molecular weight is 552 g/mol. The van der Waals surface area contributed by atoms with E-state index in [9.17, 15) is 13.2 Å². The van der Waals surface area contributed by atoms with Crippen molar-refractivity contribution in [3.05, 3.63) is 47.4 Å². The van der Waals surface area contributed by atoms with Crippen LogP contribution in [0, 0.1) is 0 Å². The summed E-state index contributed by atoms with van der Waals surface area (Å²) in [6, 6.07) is 5.43. The molecule has 2 fully saturated rings. The van der Waals surface area contributed by atoms with E-state index in [1.165, 1.54) is 6.26 Å². The Labute approximate surface area is 227 Å². The molecule has 10 nitrogen and oxygen atoms in total. The summed E-state index contributed by atoms with van der Waals surface area (Å²) in [5.41, 5.74) is 7.97. The lowest BCUT2D eigenvalue weighted by molar-refractivity contribution is 0.0183. The van der Waals surface area contributed by atoms with Gasteiger partial charge in [0.2, 0.25) is 5.88 Å². The van der Waals surface area contributed by atoms with Crippen molar-refractivity contribution in [3.63, 3.8) is 0 Å². The molecule has 0 aromatic carbocycles. The molecule has 3 aromatic rings. The highest BCUT2D eigenvalue weighted by atomic mass is 32.2. The molecule has 206 valence electrons. The minimum Gasteiger partial charge on any atom is -0.474 e. The summed E-state index contributed by atoms with van der Waals surface area (Å²) in [7, 11) is -3.08. The summed E-state index contributed by atoms with van der Waals surface area (Å²) in [6.07, 6.45) is 7.73. The van der Waals surface area contributed by atoms with Gasteiger partial charge in [0.15, 0.2) is 9.84 Å². The summed E-state index contributed by atoms with van der Waals surface area (Å²) in [6.45, 7) is 5.91. The molecule has 4 heterocycles. The van der Waals surface area contributed by atoms with Crippen LogP contribution in [0.25, 0.3) is 10.8 Å².